The van der Waals surface area contributed by atoms with Gasteiger partial charge in [-0.15, -0.1) is 0 Å². The second-order valence-electron chi connectivity index (χ2n) is 16.5. The van der Waals surface area contributed by atoms with E-state index in [1.54, 1.807) is 0 Å². The molecule has 0 aromatic heterocycles. The highest BCUT2D eigenvalue weighted by molar-refractivity contribution is 6.06. The minimum Gasteiger partial charge on any atom is -0.310 e. The van der Waals surface area contributed by atoms with Crippen molar-refractivity contribution in [1.82, 2.24) is 0 Å². The summed E-state index contributed by atoms with van der Waals surface area (Å²) >= 11 is 0. The van der Waals surface area contributed by atoms with Crippen LogP contribution in [0.15, 0.2) is 176 Å². The lowest BCUT2D eigenvalue weighted by atomic mass is 9.82. The third-order valence-corrected chi connectivity index (χ3v) is 12.0. The average Bonchev–Trinajstić information content (AvgIpc) is 3.46. The van der Waals surface area contributed by atoms with Gasteiger partial charge in [-0.2, -0.15) is 0 Å². The number of rotatable bonds is 8. The van der Waals surface area contributed by atoms with Gasteiger partial charge in [0.2, 0.25) is 0 Å². The molecule has 1 aliphatic rings. The van der Waals surface area contributed by atoms with Gasteiger partial charge < -0.3 is 4.90 Å². The Labute approximate surface area is 332 Å². The molecule has 8 aromatic carbocycles. The Balaban J connectivity index is 1.27. The lowest BCUT2D eigenvalue weighted by Gasteiger charge is -2.32. The van der Waals surface area contributed by atoms with Crippen molar-refractivity contribution in [3.05, 3.63) is 198 Å². The zero-order valence-corrected chi connectivity index (χ0v) is 33.3. The Hall–Kier alpha value is -6.18. The number of fused-ring (bicyclic) bond motifs is 4. The van der Waals surface area contributed by atoms with E-state index in [9.17, 15) is 0 Å². The minimum absolute atomic E-state index is 0.116. The Kier molecular flexibility index (Phi) is 8.98. The summed E-state index contributed by atoms with van der Waals surface area (Å²) in [5.74, 6) is 0.774. The Morgan fingerprint density at radius 3 is 1.52 bits per heavy atom. The van der Waals surface area contributed by atoms with Gasteiger partial charge in [0, 0.05) is 22.4 Å². The molecule has 0 atom stereocenters. The van der Waals surface area contributed by atoms with Crippen LogP contribution in [-0.2, 0) is 5.41 Å². The topological polar surface area (TPSA) is 3.24 Å². The molecule has 1 nitrogen and oxygen atoms in total. The van der Waals surface area contributed by atoms with E-state index in [1.165, 1.54) is 83.2 Å². The molecule has 1 aliphatic carbocycles. The molecule has 8 aromatic rings. The normalized spacial score (nSPS) is 12.9. The van der Waals surface area contributed by atoms with E-state index in [4.69, 9.17) is 0 Å². The summed E-state index contributed by atoms with van der Waals surface area (Å²) in [6, 6.07) is 65.4. The van der Waals surface area contributed by atoms with Gasteiger partial charge in [-0.1, -0.05) is 181 Å². The summed E-state index contributed by atoms with van der Waals surface area (Å²) in [6.07, 6.45) is 0. The lowest BCUT2D eigenvalue weighted by molar-refractivity contribution is 0.660. The Bertz CT molecular complexity index is 2690. The predicted molar refractivity (Wildman–Crippen MR) is 241 cm³/mol. The highest BCUT2D eigenvalue weighted by Crippen LogP contribution is 2.52. The number of hydrogen-bond donors (Lipinski definition) is 0. The second kappa shape index (κ2) is 14.2. The van der Waals surface area contributed by atoms with Gasteiger partial charge in [0.15, 0.2) is 0 Å². The summed E-state index contributed by atoms with van der Waals surface area (Å²) in [6.45, 7) is 14.0. The van der Waals surface area contributed by atoms with E-state index < -0.39 is 0 Å². The molecule has 0 bridgehead atoms. The van der Waals surface area contributed by atoms with E-state index in [-0.39, 0.29) is 5.41 Å². The average molecular weight is 724 g/mol. The summed E-state index contributed by atoms with van der Waals surface area (Å²) in [5.41, 5.74) is 19.0. The van der Waals surface area contributed by atoms with Gasteiger partial charge in [-0.25, -0.2) is 0 Å². The van der Waals surface area contributed by atoms with Crippen molar-refractivity contribution in [2.45, 2.75) is 58.8 Å². The van der Waals surface area contributed by atoms with Crippen molar-refractivity contribution in [1.29, 1.82) is 0 Å². The van der Waals surface area contributed by atoms with Crippen molar-refractivity contribution < 1.29 is 0 Å². The Morgan fingerprint density at radius 2 is 0.893 bits per heavy atom. The standard InChI is InChI=1S/C55H49N/c1-36(2)48-34-50(39-19-11-8-12-20-39)53(35-49(48)37(3)4)56(43-31-32-47-46-23-13-14-26-51(46)55(5,6)52(47)33-43)42-29-27-40(28-30-42)45-25-16-22-41-21-15-24-44(54(41)45)38-17-9-7-10-18-38/h7-37H,1-6H3. The van der Waals surface area contributed by atoms with Crippen LogP contribution >= 0.6 is 0 Å². The van der Waals surface area contributed by atoms with E-state index in [1.807, 2.05) is 0 Å². The first kappa shape index (κ1) is 35.5. The predicted octanol–water partition coefficient (Wildman–Crippen LogP) is 15.9. The van der Waals surface area contributed by atoms with Crippen LogP contribution in [0, 0.1) is 0 Å². The van der Waals surface area contributed by atoms with E-state index in [2.05, 4.69) is 222 Å². The quantitative estimate of drug-likeness (QED) is 0.151. The monoisotopic (exact) mass is 723 g/mol. The molecule has 0 saturated heterocycles. The molecule has 0 saturated carbocycles. The number of benzene rings is 8. The molecule has 0 unspecified atom stereocenters. The Morgan fingerprint density at radius 1 is 0.393 bits per heavy atom. The molecule has 274 valence electrons. The fraction of sp³-hybridized carbons (Fsp3) is 0.164. The molecule has 0 amide bonds. The summed E-state index contributed by atoms with van der Waals surface area (Å²) in [4.78, 5) is 2.51. The molecular weight excluding hydrogens is 675 g/mol. The molecule has 9 rings (SSSR count). The third kappa shape index (κ3) is 6.03. The number of anilines is 3. The van der Waals surface area contributed by atoms with Gasteiger partial charge in [-0.05, 0) is 120 Å². The van der Waals surface area contributed by atoms with Crippen LogP contribution in [0.4, 0.5) is 17.1 Å². The molecule has 0 aliphatic heterocycles. The summed E-state index contributed by atoms with van der Waals surface area (Å²) in [5, 5.41) is 2.53. The molecule has 0 N–H and O–H groups in total. The number of nitrogens with zero attached hydrogens (tertiary/aromatic N) is 1. The third-order valence-electron chi connectivity index (χ3n) is 12.0. The zero-order valence-electron chi connectivity index (χ0n) is 33.3. The first-order valence-electron chi connectivity index (χ1n) is 20.2. The maximum atomic E-state index is 2.51. The van der Waals surface area contributed by atoms with Gasteiger partial charge >= 0.3 is 0 Å². The van der Waals surface area contributed by atoms with Crippen LogP contribution in [0.1, 0.15) is 75.6 Å². The van der Waals surface area contributed by atoms with Gasteiger partial charge in [0.1, 0.15) is 0 Å². The van der Waals surface area contributed by atoms with Crippen LogP contribution in [0.5, 0.6) is 0 Å². The van der Waals surface area contributed by atoms with E-state index >= 15 is 0 Å². The van der Waals surface area contributed by atoms with E-state index in [0.29, 0.717) is 11.8 Å². The maximum absolute atomic E-state index is 2.51. The molecule has 0 spiro atoms. The fourth-order valence-electron chi connectivity index (χ4n) is 9.14. The molecule has 56 heavy (non-hydrogen) atoms. The van der Waals surface area contributed by atoms with Crippen LogP contribution in [0.3, 0.4) is 0 Å². The van der Waals surface area contributed by atoms with Crippen molar-refractivity contribution >= 4 is 27.8 Å². The van der Waals surface area contributed by atoms with Crippen molar-refractivity contribution in [2.75, 3.05) is 4.90 Å². The zero-order chi connectivity index (χ0) is 38.6. The molecule has 0 fully saturated rings. The van der Waals surface area contributed by atoms with Crippen LogP contribution in [0.25, 0.3) is 55.3 Å². The van der Waals surface area contributed by atoms with Crippen LogP contribution in [0.2, 0.25) is 0 Å². The smallest absolute Gasteiger partial charge is 0.0543 e. The van der Waals surface area contributed by atoms with Crippen molar-refractivity contribution in [2.24, 2.45) is 0 Å². The largest absolute Gasteiger partial charge is 0.310 e. The van der Waals surface area contributed by atoms with Crippen LogP contribution in [-0.4, -0.2) is 0 Å². The van der Waals surface area contributed by atoms with Gasteiger partial charge in [0.25, 0.3) is 0 Å². The first-order chi connectivity index (χ1) is 27.2. The van der Waals surface area contributed by atoms with Crippen molar-refractivity contribution in [3.63, 3.8) is 0 Å². The van der Waals surface area contributed by atoms with Gasteiger partial charge in [0.05, 0.1) is 5.69 Å². The first-order valence-corrected chi connectivity index (χ1v) is 20.2. The fourth-order valence-corrected chi connectivity index (χ4v) is 9.14. The van der Waals surface area contributed by atoms with Crippen LogP contribution < -0.4 is 4.90 Å². The molecule has 0 heterocycles. The van der Waals surface area contributed by atoms with Crippen molar-refractivity contribution in [3.8, 4) is 44.5 Å². The maximum Gasteiger partial charge on any atom is 0.0543 e. The minimum atomic E-state index is -0.116. The second-order valence-corrected chi connectivity index (χ2v) is 16.5. The molecule has 1 heteroatoms. The van der Waals surface area contributed by atoms with E-state index in [0.717, 1.165) is 11.4 Å². The molecule has 0 radical (unpaired) electrons. The summed E-state index contributed by atoms with van der Waals surface area (Å²) in [7, 11) is 0. The highest BCUT2D eigenvalue weighted by Gasteiger charge is 2.36. The number of hydrogen-bond acceptors (Lipinski definition) is 1. The lowest BCUT2D eigenvalue weighted by Crippen LogP contribution is -2.17. The summed E-state index contributed by atoms with van der Waals surface area (Å²) < 4.78 is 0. The van der Waals surface area contributed by atoms with Gasteiger partial charge in [-0.3, -0.25) is 0 Å². The molecular formula is C55H49N. The highest BCUT2D eigenvalue weighted by atomic mass is 15.1. The SMILES string of the molecule is CC(C)c1cc(-c2ccccc2)c(N(c2ccc(-c3cccc4cccc(-c5ccccc5)c34)cc2)c2ccc3c(c2)C(C)(C)c2ccccc2-3)cc1C(C)C.